The molecule has 0 aliphatic carbocycles. The molecule has 0 aliphatic rings. The molecule has 20 heavy (non-hydrogen) atoms. The van der Waals surface area contributed by atoms with Crippen LogP contribution in [0.25, 0.3) is 0 Å². The van der Waals surface area contributed by atoms with Gasteiger partial charge in [-0.2, -0.15) is 0 Å². The summed E-state index contributed by atoms with van der Waals surface area (Å²) in [4.78, 5) is 19.7. The highest BCUT2D eigenvalue weighted by atomic mass is 16.2. The number of nitrogens with two attached hydrogens (primary N) is 1. The molecule has 5 nitrogen and oxygen atoms in total. The first-order valence-electron chi connectivity index (χ1n) is 6.58. The Balaban J connectivity index is 1.75. The van der Waals surface area contributed by atoms with Crippen molar-refractivity contribution in [3.8, 4) is 0 Å². The lowest BCUT2D eigenvalue weighted by Crippen LogP contribution is -2.40. The molecule has 0 fully saturated rings. The fourth-order valence-electron chi connectivity index (χ4n) is 1.83. The van der Waals surface area contributed by atoms with Crippen molar-refractivity contribution in [3.63, 3.8) is 0 Å². The van der Waals surface area contributed by atoms with Gasteiger partial charge >= 0.3 is 0 Å². The fourth-order valence-corrected chi connectivity index (χ4v) is 1.83. The summed E-state index contributed by atoms with van der Waals surface area (Å²) in [7, 11) is 0. The first-order valence-corrected chi connectivity index (χ1v) is 6.58. The average Bonchev–Trinajstić information content (AvgIpc) is 2.52. The molecular formula is C15H18N4O. The number of amides is 1. The molecule has 2 rings (SSSR count). The maximum Gasteiger partial charge on any atom is 0.237 e. The van der Waals surface area contributed by atoms with Crippen LogP contribution in [0.15, 0.2) is 48.9 Å². The summed E-state index contributed by atoms with van der Waals surface area (Å²) in [5.41, 5.74) is 7.84. The summed E-state index contributed by atoms with van der Waals surface area (Å²) in [6.45, 7) is 0.375. The van der Waals surface area contributed by atoms with Crippen LogP contribution in [-0.4, -0.2) is 21.9 Å². The van der Waals surface area contributed by atoms with Crippen LogP contribution in [0.2, 0.25) is 0 Å². The molecule has 1 amide bonds. The highest BCUT2D eigenvalue weighted by molar-refractivity contribution is 5.81. The van der Waals surface area contributed by atoms with Gasteiger partial charge in [0.25, 0.3) is 0 Å². The topological polar surface area (TPSA) is 80.9 Å². The third kappa shape index (κ3) is 4.44. The zero-order valence-corrected chi connectivity index (χ0v) is 11.2. The monoisotopic (exact) mass is 270 g/mol. The Bertz CT molecular complexity index is 530. The second-order valence-corrected chi connectivity index (χ2v) is 4.55. The van der Waals surface area contributed by atoms with Gasteiger partial charge in [0, 0.05) is 6.20 Å². The molecule has 0 radical (unpaired) electrons. The van der Waals surface area contributed by atoms with E-state index in [4.69, 9.17) is 5.73 Å². The van der Waals surface area contributed by atoms with Gasteiger partial charge in [0.15, 0.2) is 0 Å². The Morgan fingerprint density at radius 2 is 2.05 bits per heavy atom. The van der Waals surface area contributed by atoms with E-state index < -0.39 is 6.04 Å². The summed E-state index contributed by atoms with van der Waals surface area (Å²) in [5, 5.41) is 2.78. The van der Waals surface area contributed by atoms with Gasteiger partial charge in [-0.3, -0.25) is 4.79 Å². The van der Waals surface area contributed by atoms with Crippen molar-refractivity contribution in [1.82, 2.24) is 15.3 Å². The molecular weight excluding hydrogens is 252 g/mol. The maximum absolute atomic E-state index is 11.9. The Labute approximate surface area is 118 Å². The van der Waals surface area contributed by atoms with Crippen LogP contribution in [0, 0.1) is 0 Å². The number of hydrogen-bond acceptors (Lipinski definition) is 4. The molecule has 1 aromatic heterocycles. The van der Waals surface area contributed by atoms with Crippen LogP contribution < -0.4 is 11.1 Å². The van der Waals surface area contributed by atoms with Crippen molar-refractivity contribution >= 4 is 5.91 Å². The smallest absolute Gasteiger partial charge is 0.237 e. The molecule has 1 aromatic carbocycles. The van der Waals surface area contributed by atoms with Gasteiger partial charge in [0.05, 0.1) is 18.3 Å². The van der Waals surface area contributed by atoms with Crippen molar-refractivity contribution in [2.45, 2.75) is 25.4 Å². The van der Waals surface area contributed by atoms with E-state index in [2.05, 4.69) is 15.3 Å². The lowest BCUT2D eigenvalue weighted by Gasteiger charge is -2.12. The molecule has 3 N–H and O–H groups in total. The normalized spacial score (nSPS) is 11.8. The number of aromatic nitrogens is 2. The average molecular weight is 270 g/mol. The lowest BCUT2D eigenvalue weighted by molar-refractivity contribution is -0.122. The van der Waals surface area contributed by atoms with E-state index in [0.717, 1.165) is 12.1 Å². The molecule has 2 aromatic rings. The minimum absolute atomic E-state index is 0.153. The van der Waals surface area contributed by atoms with Crippen molar-refractivity contribution < 1.29 is 4.79 Å². The summed E-state index contributed by atoms with van der Waals surface area (Å²) in [6.07, 6.45) is 4.52. The maximum atomic E-state index is 11.9. The van der Waals surface area contributed by atoms with Crippen molar-refractivity contribution in [3.05, 3.63) is 60.2 Å². The van der Waals surface area contributed by atoms with Crippen LogP contribution >= 0.6 is 0 Å². The van der Waals surface area contributed by atoms with E-state index in [1.165, 1.54) is 11.9 Å². The van der Waals surface area contributed by atoms with Crippen LogP contribution in [0.4, 0.5) is 0 Å². The Kier molecular flexibility index (Phi) is 5.20. The summed E-state index contributed by atoms with van der Waals surface area (Å²) in [6, 6.07) is 11.3. The first kappa shape index (κ1) is 14.1. The molecule has 1 atom stereocenters. The molecule has 0 bridgehead atoms. The van der Waals surface area contributed by atoms with Gasteiger partial charge in [-0.1, -0.05) is 30.3 Å². The zero-order chi connectivity index (χ0) is 14.2. The van der Waals surface area contributed by atoms with Gasteiger partial charge in [-0.25, -0.2) is 9.97 Å². The van der Waals surface area contributed by atoms with Crippen molar-refractivity contribution in [2.24, 2.45) is 5.73 Å². The molecule has 104 valence electrons. The van der Waals surface area contributed by atoms with Crippen LogP contribution in [0.1, 0.15) is 17.7 Å². The molecule has 0 aliphatic heterocycles. The van der Waals surface area contributed by atoms with Gasteiger partial charge < -0.3 is 11.1 Å². The number of nitrogens with zero attached hydrogens (tertiary/aromatic N) is 2. The standard InChI is InChI=1S/C15H18N4O/c16-14(7-6-12-4-2-1-3-5-12)15(20)18-10-13-8-9-17-11-19-13/h1-5,8-9,11,14H,6-7,10,16H2,(H,18,20)/t14-/m0/s1. The quantitative estimate of drug-likeness (QED) is 0.822. The predicted molar refractivity (Wildman–Crippen MR) is 76.6 cm³/mol. The largest absolute Gasteiger partial charge is 0.349 e. The molecule has 0 saturated heterocycles. The molecule has 0 spiro atoms. The SMILES string of the molecule is N[C@@H](CCc1ccccc1)C(=O)NCc1ccncn1. The number of benzene rings is 1. The van der Waals surface area contributed by atoms with E-state index in [9.17, 15) is 4.79 Å². The van der Waals surface area contributed by atoms with Gasteiger partial charge in [-0.05, 0) is 24.5 Å². The Hall–Kier alpha value is -2.27. The predicted octanol–water partition coefficient (Wildman–Crippen LogP) is 1.05. The second kappa shape index (κ2) is 7.35. The number of nitrogens with one attached hydrogen (secondary N) is 1. The van der Waals surface area contributed by atoms with Gasteiger partial charge in [-0.15, -0.1) is 0 Å². The number of aryl methyl sites for hydroxylation is 1. The highest BCUT2D eigenvalue weighted by Crippen LogP contribution is 2.04. The van der Waals surface area contributed by atoms with Crippen LogP contribution in [0.3, 0.4) is 0 Å². The number of rotatable bonds is 6. The number of carbonyl (C=O) groups is 1. The summed E-state index contributed by atoms with van der Waals surface area (Å²) in [5.74, 6) is -0.153. The second-order valence-electron chi connectivity index (χ2n) is 4.55. The van der Waals surface area contributed by atoms with Crippen molar-refractivity contribution in [1.29, 1.82) is 0 Å². The molecule has 1 heterocycles. The molecule has 0 saturated carbocycles. The lowest BCUT2D eigenvalue weighted by atomic mass is 10.1. The van der Waals surface area contributed by atoms with Crippen LogP contribution in [0.5, 0.6) is 0 Å². The van der Waals surface area contributed by atoms with Gasteiger partial charge in [0.2, 0.25) is 5.91 Å². The molecule has 0 unspecified atom stereocenters. The Morgan fingerprint density at radius 1 is 1.25 bits per heavy atom. The third-order valence-corrected chi connectivity index (χ3v) is 3.01. The van der Waals surface area contributed by atoms with E-state index in [1.54, 1.807) is 12.3 Å². The minimum atomic E-state index is -0.503. The summed E-state index contributed by atoms with van der Waals surface area (Å²) >= 11 is 0. The minimum Gasteiger partial charge on any atom is -0.349 e. The number of hydrogen-bond donors (Lipinski definition) is 2. The molecule has 5 heteroatoms. The van der Waals surface area contributed by atoms with E-state index in [1.807, 2.05) is 30.3 Å². The van der Waals surface area contributed by atoms with Gasteiger partial charge in [0.1, 0.15) is 6.33 Å². The highest BCUT2D eigenvalue weighted by Gasteiger charge is 2.12. The first-order chi connectivity index (χ1) is 9.75. The van der Waals surface area contributed by atoms with E-state index in [-0.39, 0.29) is 5.91 Å². The van der Waals surface area contributed by atoms with Crippen molar-refractivity contribution in [2.75, 3.05) is 0 Å². The van der Waals surface area contributed by atoms with E-state index in [0.29, 0.717) is 13.0 Å². The Morgan fingerprint density at radius 3 is 2.75 bits per heavy atom. The third-order valence-electron chi connectivity index (χ3n) is 3.01. The van der Waals surface area contributed by atoms with Crippen LogP contribution in [-0.2, 0) is 17.8 Å². The summed E-state index contributed by atoms with van der Waals surface area (Å²) < 4.78 is 0. The fraction of sp³-hybridized carbons (Fsp3) is 0.267. The van der Waals surface area contributed by atoms with E-state index >= 15 is 0 Å². The number of carbonyl (C=O) groups excluding carboxylic acids is 1. The zero-order valence-electron chi connectivity index (χ0n) is 11.2.